The van der Waals surface area contributed by atoms with Crippen LogP contribution in [0, 0.1) is 5.92 Å². The van der Waals surface area contributed by atoms with E-state index in [9.17, 15) is 26.3 Å². The first-order valence-corrected chi connectivity index (χ1v) is 6.14. The molecule has 0 radical (unpaired) electrons. The molecule has 0 saturated heterocycles. The van der Waals surface area contributed by atoms with Gasteiger partial charge in [0.2, 0.25) is 0 Å². The lowest BCUT2D eigenvalue weighted by Crippen LogP contribution is -2.23. The molecule has 1 aromatic carbocycles. The average molecular weight is 315 g/mol. The number of halogens is 6. The summed E-state index contributed by atoms with van der Waals surface area (Å²) < 4.78 is 75.7. The zero-order valence-electron chi connectivity index (χ0n) is 11.1. The molecule has 2 N–H and O–H groups in total. The lowest BCUT2D eigenvalue weighted by atomic mass is 10.0. The number of alkyl halides is 6. The Morgan fingerprint density at radius 1 is 1.00 bits per heavy atom. The normalized spacial score (nSPS) is 14.3. The van der Waals surface area contributed by atoms with E-state index >= 15 is 0 Å². The molecule has 1 rings (SSSR count). The van der Waals surface area contributed by atoms with Crippen LogP contribution in [-0.2, 0) is 18.9 Å². The molecule has 0 bridgehead atoms. The maximum atomic E-state index is 12.6. The van der Waals surface area contributed by atoms with Gasteiger partial charge < -0.3 is 10.4 Å². The second-order valence-corrected chi connectivity index (χ2v) is 4.83. The third-order valence-electron chi connectivity index (χ3n) is 2.78. The minimum absolute atomic E-state index is 0.0971. The van der Waals surface area contributed by atoms with Gasteiger partial charge in [0.1, 0.15) is 0 Å². The van der Waals surface area contributed by atoms with Crippen LogP contribution < -0.4 is 5.32 Å². The number of rotatable bonds is 5. The molecule has 0 aliphatic rings. The van der Waals surface area contributed by atoms with Crippen LogP contribution in [0.5, 0.6) is 0 Å². The molecule has 0 amide bonds. The molecule has 1 aromatic rings. The highest BCUT2D eigenvalue weighted by molar-refractivity contribution is 5.33. The van der Waals surface area contributed by atoms with Crippen LogP contribution in [0.25, 0.3) is 0 Å². The van der Waals surface area contributed by atoms with Gasteiger partial charge in [-0.05, 0) is 29.7 Å². The van der Waals surface area contributed by atoms with E-state index < -0.39 is 23.5 Å². The monoisotopic (exact) mass is 315 g/mol. The SMILES string of the molecule is CC(CO)CNCc1cc(C(F)(F)F)cc(C(F)(F)F)c1. The fourth-order valence-corrected chi connectivity index (χ4v) is 1.65. The number of aliphatic hydroxyl groups is 1. The largest absolute Gasteiger partial charge is 0.416 e. The summed E-state index contributed by atoms with van der Waals surface area (Å²) in [4.78, 5) is 0. The van der Waals surface area contributed by atoms with Gasteiger partial charge in [-0.25, -0.2) is 0 Å². The van der Waals surface area contributed by atoms with E-state index in [1.54, 1.807) is 6.92 Å². The van der Waals surface area contributed by atoms with Gasteiger partial charge in [0.05, 0.1) is 11.1 Å². The van der Waals surface area contributed by atoms with Gasteiger partial charge in [-0.3, -0.25) is 0 Å². The Bertz CT molecular complexity index is 436. The summed E-state index contributed by atoms with van der Waals surface area (Å²) in [6, 6.07) is 1.47. The lowest BCUT2D eigenvalue weighted by Gasteiger charge is -2.15. The van der Waals surface area contributed by atoms with Gasteiger partial charge in [-0.2, -0.15) is 26.3 Å². The summed E-state index contributed by atoms with van der Waals surface area (Å²) in [5, 5.41) is 11.5. The van der Waals surface area contributed by atoms with Crippen molar-refractivity contribution in [1.82, 2.24) is 5.32 Å². The van der Waals surface area contributed by atoms with Gasteiger partial charge in [-0.15, -0.1) is 0 Å². The predicted molar refractivity (Wildman–Crippen MR) is 64.4 cm³/mol. The molecule has 0 fully saturated rings. The van der Waals surface area contributed by atoms with Gasteiger partial charge in [0.15, 0.2) is 0 Å². The van der Waals surface area contributed by atoms with Gasteiger partial charge >= 0.3 is 12.4 Å². The summed E-state index contributed by atoms with van der Waals surface area (Å²) in [7, 11) is 0. The Morgan fingerprint density at radius 3 is 1.86 bits per heavy atom. The molecular weight excluding hydrogens is 300 g/mol. The fourth-order valence-electron chi connectivity index (χ4n) is 1.65. The van der Waals surface area contributed by atoms with Crippen LogP contribution in [0.3, 0.4) is 0 Å². The first-order valence-electron chi connectivity index (χ1n) is 6.14. The van der Waals surface area contributed by atoms with Crippen molar-refractivity contribution in [3.63, 3.8) is 0 Å². The van der Waals surface area contributed by atoms with E-state index in [0.29, 0.717) is 12.1 Å². The summed E-state index contributed by atoms with van der Waals surface area (Å²) in [5.41, 5.74) is -2.77. The third-order valence-corrected chi connectivity index (χ3v) is 2.78. The van der Waals surface area contributed by atoms with Crippen molar-refractivity contribution in [3.05, 3.63) is 34.9 Å². The second-order valence-electron chi connectivity index (χ2n) is 4.83. The van der Waals surface area contributed by atoms with Crippen molar-refractivity contribution >= 4 is 0 Å². The molecule has 0 aromatic heterocycles. The summed E-state index contributed by atoms with van der Waals surface area (Å²) in [5.74, 6) is -0.141. The van der Waals surface area contributed by atoms with E-state index in [1.165, 1.54) is 0 Å². The first-order chi connectivity index (χ1) is 9.54. The van der Waals surface area contributed by atoms with Gasteiger partial charge in [0, 0.05) is 19.7 Å². The molecule has 0 heterocycles. The zero-order chi connectivity index (χ0) is 16.3. The Kier molecular flexibility index (Phi) is 5.63. The zero-order valence-corrected chi connectivity index (χ0v) is 11.1. The minimum atomic E-state index is -4.84. The summed E-state index contributed by atoms with van der Waals surface area (Å²) >= 11 is 0. The summed E-state index contributed by atoms with van der Waals surface area (Å²) in [6.07, 6.45) is -9.68. The lowest BCUT2D eigenvalue weighted by molar-refractivity contribution is -0.143. The highest BCUT2D eigenvalue weighted by Gasteiger charge is 2.36. The van der Waals surface area contributed by atoms with Crippen molar-refractivity contribution in [2.24, 2.45) is 5.92 Å². The van der Waals surface area contributed by atoms with E-state index in [2.05, 4.69) is 5.32 Å². The number of hydrogen-bond acceptors (Lipinski definition) is 2. The summed E-state index contributed by atoms with van der Waals surface area (Å²) in [6.45, 7) is 1.72. The number of aliphatic hydroxyl groups excluding tert-OH is 1. The molecule has 0 aliphatic heterocycles. The minimum Gasteiger partial charge on any atom is -0.396 e. The Labute approximate surface area is 117 Å². The predicted octanol–water partition coefficient (Wildman–Crippen LogP) is 3.44. The smallest absolute Gasteiger partial charge is 0.396 e. The van der Waals surface area contributed by atoms with Crippen molar-refractivity contribution in [2.45, 2.75) is 25.8 Å². The number of hydrogen-bond donors (Lipinski definition) is 2. The highest BCUT2D eigenvalue weighted by atomic mass is 19.4. The quantitative estimate of drug-likeness (QED) is 0.816. The highest BCUT2D eigenvalue weighted by Crippen LogP contribution is 2.36. The second kappa shape index (κ2) is 6.65. The van der Waals surface area contributed by atoms with Crippen LogP contribution in [0.4, 0.5) is 26.3 Å². The van der Waals surface area contributed by atoms with Crippen LogP contribution in [0.1, 0.15) is 23.6 Å². The molecule has 2 nitrogen and oxygen atoms in total. The van der Waals surface area contributed by atoms with E-state index in [-0.39, 0.29) is 37.2 Å². The van der Waals surface area contributed by atoms with E-state index in [0.717, 1.165) is 0 Å². The molecule has 1 atom stereocenters. The molecule has 120 valence electrons. The molecule has 1 unspecified atom stereocenters. The Balaban J connectivity index is 2.98. The molecule has 0 spiro atoms. The van der Waals surface area contributed by atoms with Gasteiger partial charge in [0.25, 0.3) is 0 Å². The van der Waals surface area contributed by atoms with Crippen molar-refractivity contribution in [2.75, 3.05) is 13.2 Å². The number of nitrogens with one attached hydrogen (secondary N) is 1. The topological polar surface area (TPSA) is 32.3 Å². The fraction of sp³-hybridized carbons (Fsp3) is 0.538. The van der Waals surface area contributed by atoms with Crippen molar-refractivity contribution < 1.29 is 31.4 Å². The third kappa shape index (κ3) is 5.55. The van der Waals surface area contributed by atoms with Gasteiger partial charge in [-0.1, -0.05) is 6.92 Å². The molecule has 21 heavy (non-hydrogen) atoms. The molecule has 0 aliphatic carbocycles. The Morgan fingerprint density at radius 2 is 1.48 bits per heavy atom. The molecular formula is C13H15F6NO. The average Bonchev–Trinajstić information content (AvgIpc) is 2.36. The Hall–Kier alpha value is -1.28. The maximum absolute atomic E-state index is 12.6. The van der Waals surface area contributed by atoms with E-state index in [4.69, 9.17) is 5.11 Å². The van der Waals surface area contributed by atoms with Crippen LogP contribution in [0.15, 0.2) is 18.2 Å². The standard InChI is InChI=1S/C13H15F6NO/c1-8(7-21)5-20-6-9-2-10(12(14,15)16)4-11(3-9)13(17,18)19/h2-4,8,20-21H,5-7H2,1H3. The molecule has 8 heteroatoms. The van der Waals surface area contributed by atoms with Crippen LogP contribution >= 0.6 is 0 Å². The van der Waals surface area contributed by atoms with E-state index in [1.807, 2.05) is 0 Å². The number of benzene rings is 1. The van der Waals surface area contributed by atoms with Crippen LogP contribution in [0.2, 0.25) is 0 Å². The van der Waals surface area contributed by atoms with Crippen molar-refractivity contribution in [3.8, 4) is 0 Å². The first kappa shape index (κ1) is 17.8. The van der Waals surface area contributed by atoms with Crippen molar-refractivity contribution in [1.29, 1.82) is 0 Å². The maximum Gasteiger partial charge on any atom is 0.416 e. The molecule has 0 saturated carbocycles. The van der Waals surface area contributed by atoms with Crippen LogP contribution in [-0.4, -0.2) is 18.3 Å².